The van der Waals surface area contributed by atoms with Crippen molar-refractivity contribution in [3.05, 3.63) is 59.9 Å². The van der Waals surface area contributed by atoms with Crippen LogP contribution in [-0.2, 0) is 0 Å². The summed E-state index contributed by atoms with van der Waals surface area (Å²) in [5.74, 6) is 1.45. The summed E-state index contributed by atoms with van der Waals surface area (Å²) < 4.78 is 3.49. The highest BCUT2D eigenvalue weighted by Gasteiger charge is 2.10. The molecular weight excluding hydrogens is 276 g/mol. The highest BCUT2D eigenvalue weighted by Crippen LogP contribution is 2.18. The molecule has 0 unspecified atom stereocenters. The van der Waals surface area contributed by atoms with Gasteiger partial charge in [-0.25, -0.2) is 4.68 Å². The Labute approximate surface area is 127 Å². The largest absolute Gasteiger partial charge is 0.221 e. The van der Waals surface area contributed by atoms with E-state index < -0.39 is 0 Å². The fourth-order valence-corrected chi connectivity index (χ4v) is 2.32. The van der Waals surface area contributed by atoms with Crippen LogP contribution in [0.5, 0.6) is 0 Å². The van der Waals surface area contributed by atoms with Crippen LogP contribution in [0.1, 0.15) is 11.1 Å². The number of rotatable bonds is 2. The Hall–Kier alpha value is -3.02. The van der Waals surface area contributed by atoms with Crippen molar-refractivity contribution in [3.63, 3.8) is 0 Å². The first-order chi connectivity index (χ1) is 10.7. The molecule has 0 amide bonds. The van der Waals surface area contributed by atoms with Gasteiger partial charge < -0.3 is 0 Å². The summed E-state index contributed by atoms with van der Waals surface area (Å²) in [6, 6.07) is 11.9. The molecule has 0 fully saturated rings. The lowest BCUT2D eigenvalue weighted by atomic mass is 10.1. The quantitative estimate of drug-likeness (QED) is 0.569. The van der Waals surface area contributed by atoms with Crippen LogP contribution in [0.2, 0.25) is 0 Å². The average molecular weight is 290 g/mol. The minimum atomic E-state index is 0.711. The Morgan fingerprint density at radius 1 is 0.864 bits per heavy atom. The van der Waals surface area contributed by atoms with Gasteiger partial charge in [-0.1, -0.05) is 29.8 Å². The van der Waals surface area contributed by atoms with E-state index in [0.717, 1.165) is 22.8 Å². The molecule has 0 radical (unpaired) electrons. The van der Waals surface area contributed by atoms with Gasteiger partial charge in [-0.05, 0) is 31.5 Å². The second-order valence-electron chi connectivity index (χ2n) is 5.31. The highest BCUT2D eigenvalue weighted by molar-refractivity contribution is 5.59. The van der Waals surface area contributed by atoms with Crippen molar-refractivity contribution in [1.82, 2.24) is 29.6 Å². The monoisotopic (exact) mass is 290 g/mol. The predicted octanol–water partition coefficient (Wildman–Crippen LogP) is 2.59. The normalized spacial score (nSPS) is 11.2. The zero-order chi connectivity index (χ0) is 15.1. The van der Waals surface area contributed by atoms with E-state index in [1.54, 1.807) is 15.4 Å². The molecule has 0 atom stereocenters. The Balaban J connectivity index is 1.88. The van der Waals surface area contributed by atoms with Crippen molar-refractivity contribution in [2.24, 2.45) is 0 Å². The molecule has 0 saturated carbocycles. The molecule has 3 aromatic heterocycles. The van der Waals surface area contributed by atoms with Crippen molar-refractivity contribution in [2.75, 3.05) is 0 Å². The van der Waals surface area contributed by atoms with Crippen molar-refractivity contribution in [3.8, 4) is 17.2 Å². The minimum absolute atomic E-state index is 0.711. The lowest BCUT2D eigenvalue weighted by Crippen LogP contribution is -2.03. The zero-order valence-corrected chi connectivity index (χ0v) is 12.3. The number of aryl methyl sites for hydroxylation is 2. The molecule has 22 heavy (non-hydrogen) atoms. The van der Waals surface area contributed by atoms with Crippen molar-refractivity contribution < 1.29 is 0 Å². The fourth-order valence-electron chi connectivity index (χ4n) is 2.32. The second kappa shape index (κ2) is 4.77. The van der Waals surface area contributed by atoms with Gasteiger partial charge >= 0.3 is 0 Å². The third-order valence-electron chi connectivity index (χ3n) is 3.50. The Kier molecular flexibility index (Phi) is 2.75. The van der Waals surface area contributed by atoms with Gasteiger partial charge in [0.25, 0.3) is 0 Å². The van der Waals surface area contributed by atoms with Crippen LogP contribution < -0.4 is 0 Å². The number of aromatic nitrogens is 6. The van der Waals surface area contributed by atoms with Crippen LogP contribution >= 0.6 is 0 Å². The Morgan fingerprint density at radius 2 is 1.68 bits per heavy atom. The molecule has 0 aliphatic carbocycles. The maximum atomic E-state index is 4.61. The lowest BCUT2D eigenvalue weighted by Gasteiger charge is -2.03. The lowest BCUT2D eigenvalue weighted by molar-refractivity contribution is 0.794. The van der Waals surface area contributed by atoms with E-state index in [-0.39, 0.29) is 0 Å². The van der Waals surface area contributed by atoms with Crippen LogP contribution in [-0.4, -0.2) is 29.6 Å². The summed E-state index contributed by atoms with van der Waals surface area (Å²) in [4.78, 5) is 0. The van der Waals surface area contributed by atoms with Crippen molar-refractivity contribution >= 4 is 5.65 Å². The fraction of sp³-hybridized carbons (Fsp3) is 0.125. The summed E-state index contributed by atoms with van der Waals surface area (Å²) in [6.07, 6.45) is 3.74. The highest BCUT2D eigenvalue weighted by atomic mass is 15.4. The van der Waals surface area contributed by atoms with Crippen molar-refractivity contribution in [1.29, 1.82) is 0 Å². The first-order valence-electron chi connectivity index (χ1n) is 7.02. The zero-order valence-electron chi connectivity index (χ0n) is 12.3. The molecule has 3 heterocycles. The summed E-state index contributed by atoms with van der Waals surface area (Å²) in [5.41, 5.74) is 3.99. The van der Waals surface area contributed by atoms with E-state index in [1.165, 1.54) is 5.56 Å². The topological polar surface area (TPSA) is 60.9 Å². The third kappa shape index (κ3) is 2.05. The van der Waals surface area contributed by atoms with E-state index in [1.807, 2.05) is 37.4 Å². The molecular formula is C16H14N6. The van der Waals surface area contributed by atoms with Gasteiger partial charge in [0, 0.05) is 11.8 Å². The maximum Gasteiger partial charge on any atom is 0.185 e. The SMILES string of the molecule is Cc1ccc(-c2nnc3ccc(-n4cc(C)cn4)nn23)cc1. The van der Waals surface area contributed by atoms with E-state index in [9.17, 15) is 0 Å². The Morgan fingerprint density at radius 3 is 2.41 bits per heavy atom. The third-order valence-corrected chi connectivity index (χ3v) is 3.50. The summed E-state index contributed by atoms with van der Waals surface area (Å²) in [7, 11) is 0. The van der Waals surface area contributed by atoms with Gasteiger partial charge in [0.15, 0.2) is 17.3 Å². The number of hydrogen-bond donors (Lipinski definition) is 0. The molecule has 0 saturated heterocycles. The van der Waals surface area contributed by atoms with Gasteiger partial charge in [-0.15, -0.1) is 15.3 Å². The van der Waals surface area contributed by atoms with Crippen LogP contribution in [0.4, 0.5) is 0 Å². The minimum Gasteiger partial charge on any atom is -0.221 e. The number of hydrogen-bond acceptors (Lipinski definition) is 4. The van der Waals surface area contributed by atoms with Crippen molar-refractivity contribution in [2.45, 2.75) is 13.8 Å². The standard InChI is InChI=1S/C16H14N6/c1-11-3-5-13(6-4-11)16-19-18-14-7-8-15(20-22(14)16)21-10-12(2)9-17-21/h3-10H,1-2H3. The molecule has 4 rings (SSSR count). The van der Waals surface area contributed by atoms with Crippen LogP contribution in [0.3, 0.4) is 0 Å². The van der Waals surface area contributed by atoms with Gasteiger partial charge in [0.05, 0.1) is 6.20 Å². The van der Waals surface area contributed by atoms with Crippen LogP contribution in [0, 0.1) is 13.8 Å². The molecule has 0 N–H and O–H groups in total. The number of fused-ring (bicyclic) bond motifs is 1. The molecule has 0 spiro atoms. The second-order valence-corrected chi connectivity index (χ2v) is 5.31. The smallest absolute Gasteiger partial charge is 0.185 e. The predicted molar refractivity (Wildman–Crippen MR) is 82.8 cm³/mol. The van der Waals surface area contributed by atoms with E-state index >= 15 is 0 Å². The van der Waals surface area contributed by atoms with Gasteiger partial charge in [0.2, 0.25) is 0 Å². The van der Waals surface area contributed by atoms with E-state index in [0.29, 0.717) is 5.65 Å². The van der Waals surface area contributed by atoms with E-state index in [4.69, 9.17) is 0 Å². The Bertz CT molecular complexity index is 948. The molecule has 0 aliphatic rings. The summed E-state index contributed by atoms with van der Waals surface area (Å²) in [5, 5.41) is 17.3. The van der Waals surface area contributed by atoms with Crippen LogP contribution in [0.25, 0.3) is 22.9 Å². The molecule has 4 aromatic rings. The molecule has 108 valence electrons. The summed E-state index contributed by atoms with van der Waals surface area (Å²) in [6.45, 7) is 4.06. The molecule has 0 bridgehead atoms. The first kappa shape index (κ1) is 12.7. The molecule has 6 heteroatoms. The van der Waals surface area contributed by atoms with E-state index in [2.05, 4.69) is 39.5 Å². The molecule has 1 aromatic carbocycles. The van der Waals surface area contributed by atoms with Gasteiger partial charge in [-0.2, -0.15) is 9.61 Å². The number of nitrogens with zero attached hydrogens (tertiary/aromatic N) is 6. The summed E-state index contributed by atoms with van der Waals surface area (Å²) >= 11 is 0. The average Bonchev–Trinajstić information content (AvgIpc) is 3.14. The number of benzene rings is 1. The molecule has 0 aliphatic heterocycles. The molecule has 6 nitrogen and oxygen atoms in total. The van der Waals surface area contributed by atoms with Gasteiger partial charge in [-0.3, -0.25) is 0 Å². The van der Waals surface area contributed by atoms with Crippen LogP contribution in [0.15, 0.2) is 48.8 Å². The first-order valence-corrected chi connectivity index (χ1v) is 7.02. The maximum absolute atomic E-state index is 4.61. The van der Waals surface area contributed by atoms with Gasteiger partial charge in [0.1, 0.15) is 0 Å².